The summed E-state index contributed by atoms with van der Waals surface area (Å²) in [5, 5.41) is 5.68. The predicted octanol–water partition coefficient (Wildman–Crippen LogP) is 3.08. The van der Waals surface area contributed by atoms with E-state index in [4.69, 9.17) is 4.74 Å². The molecule has 0 aliphatic rings. The van der Waals surface area contributed by atoms with Gasteiger partial charge in [0, 0.05) is 24.3 Å². The predicted molar refractivity (Wildman–Crippen MR) is 112 cm³/mol. The molecule has 0 saturated carbocycles. The van der Waals surface area contributed by atoms with Gasteiger partial charge in [-0.2, -0.15) is 0 Å². The molecule has 0 atom stereocenters. The Morgan fingerprint density at radius 1 is 1.04 bits per heavy atom. The second kappa shape index (κ2) is 11.1. The molecule has 0 unspecified atom stereocenters. The number of rotatable bonds is 10. The zero-order valence-electron chi connectivity index (χ0n) is 16.8. The minimum absolute atomic E-state index is 0.0724. The van der Waals surface area contributed by atoms with Gasteiger partial charge in [-0.05, 0) is 62.0 Å². The highest BCUT2D eigenvalue weighted by atomic mass is 16.5. The quantitative estimate of drug-likeness (QED) is 0.661. The summed E-state index contributed by atoms with van der Waals surface area (Å²) >= 11 is 0. The summed E-state index contributed by atoms with van der Waals surface area (Å²) in [4.78, 5) is 26.5. The molecular weight excluding hydrogens is 354 g/mol. The molecule has 150 valence electrons. The van der Waals surface area contributed by atoms with E-state index in [1.165, 1.54) is 0 Å². The lowest BCUT2D eigenvalue weighted by Crippen LogP contribution is -2.34. The van der Waals surface area contributed by atoms with Gasteiger partial charge in [-0.3, -0.25) is 9.59 Å². The molecule has 6 heteroatoms. The fraction of sp³-hybridized carbons (Fsp3) is 0.364. The smallest absolute Gasteiger partial charge is 0.262 e. The minimum atomic E-state index is -0.252. The van der Waals surface area contributed by atoms with Gasteiger partial charge in [0.25, 0.3) is 11.8 Å². The van der Waals surface area contributed by atoms with E-state index in [0.29, 0.717) is 23.5 Å². The van der Waals surface area contributed by atoms with Crippen molar-refractivity contribution in [2.75, 3.05) is 38.1 Å². The molecule has 6 nitrogen and oxygen atoms in total. The summed E-state index contributed by atoms with van der Waals surface area (Å²) in [6.45, 7) is 9.46. The molecule has 2 aromatic carbocycles. The monoisotopic (exact) mass is 383 g/mol. The lowest BCUT2D eigenvalue weighted by Gasteiger charge is -2.18. The van der Waals surface area contributed by atoms with Gasteiger partial charge < -0.3 is 20.3 Å². The minimum Gasteiger partial charge on any atom is -0.484 e. The van der Waals surface area contributed by atoms with Crippen molar-refractivity contribution in [2.45, 2.75) is 20.8 Å². The van der Waals surface area contributed by atoms with Crippen LogP contribution in [0.3, 0.4) is 0 Å². The van der Waals surface area contributed by atoms with Crippen molar-refractivity contribution in [1.29, 1.82) is 0 Å². The normalized spacial score (nSPS) is 10.6. The van der Waals surface area contributed by atoms with Crippen LogP contribution in [0.1, 0.15) is 29.8 Å². The third-order valence-corrected chi connectivity index (χ3v) is 4.40. The van der Waals surface area contributed by atoms with Crippen molar-refractivity contribution in [3.63, 3.8) is 0 Å². The van der Waals surface area contributed by atoms with E-state index >= 15 is 0 Å². The van der Waals surface area contributed by atoms with Gasteiger partial charge in [-0.1, -0.05) is 26.0 Å². The maximum Gasteiger partial charge on any atom is 0.262 e. The number of carbonyl (C=O) groups excluding carboxylic acids is 2. The Labute approximate surface area is 166 Å². The Morgan fingerprint density at radius 2 is 1.75 bits per heavy atom. The van der Waals surface area contributed by atoms with E-state index in [-0.39, 0.29) is 18.4 Å². The second-order valence-electron chi connectivity index (χ2n) is 6.51. The number of benzene rings is 2. The summed E-state index contributed by atoms with van der Waals surface area (Å²) in [5.74, 6) is 0.289. The van der Waals surface area contributed by atoms with E-state index in [0.717, 1.165) is 25.2 Å². The Kier molecular flexibility index (Phi) is 8.49. The molecule has 2 N–H and O–H groups in total. The number of likely N-dealkylation sites (N-methyl/N-ethyl adjacent to an activating group) is 1. The van der Waals surface area contributed by atoms with E-state index < -0.39 is 0 Å². The van der Waals surface area contributed by atoms with Crippen LogP contribution in [0.25, 0.3) is 0 Å². The number of carbonyl (C=O) groups is 2. The summed E-state index contributed by atoms with van der Waals surface area (Å²) in [7, 11) is 0. The maximum atomic E-state index is 12.2. The van der Waals surface area contributed by atoms with Crippen molar-refractivity contribution in [1.82, 2.24) is 10.2 Å². The maximum absolute atomic E-state index is 12.2. The van der Waals surface area contributed by atoms with Crippen LogP contribution in [-0.4, -0.2) is 49.5 Å². The van der Waals surface area contributed by atoms with Crippen molar-refractivity contribution in [3.8, 4) is 5.75 Å². The standard InChI is InChI=1S/C22H29N3O3/c1-4-25(5-2)14-13-23-22(27)18-9-11-19(12-10-18)24-21(26)16-28-20-8-6-7-17(3)15-20/h6-12,15H,4-5,13-14,16H2,1-3H3,(H,23,27)(H,24,26). The Bertz CT molecular complexity index is 771. The first-order valence-corrected chi connectivity index (χ1v) is 9.61. The zero-order chi connectivity index (χ0) is 20.4. The zero-order valence-corrected chi connectivity index (χ0v) is 16.8. The lowest BCUT2D eigenvalue weighted by atomic mass is 10.2. The molecule has 0 saturated heterocycles. The van der Waals surface area contributed by atoms with Crippen LogP contribution in [0.5, 0.6) is 5.75 Å². The van der Waals surface area contributed by atoms with Crippen LogP contribution in [-0.2, 0) is 4.79 Å². The van der Waals surface area contributed by atoms with E-state index in [1.54, 1.807) is 24.3 Å². The van der Waals surface area contributed by atoms with Crippen LogP contribution in [0.2, 0.25) is 0 Å². The van der Waals surface area contributed by atoms with E-state index in [1.807, 2.05) is 31.2 Å². The fourth-order valence-electron chi connectivity index (χ4n) is 2.73. The summed E-state index contributed by atoms with van der Waals surface area (Å²) < 4.78 is 5.48. The molecule has 0 bridgehead atoms. The number of amides is 2. The van der Waals surface area contributed by atoms with Gasteiger partial charge in [0.2, 0.25) is 0 Å². The van der Waals surface area contributed by atoms with Crippen LogP contribution in [0.4, 0.5) is 5.69 Å². The molecule has 28 heavy (non-hydrogen) atoms. The second-order valence-corrected chi connectivity index (χ2v) is 6.51. The highest BCUT2D eigenvalue weighted by Crippen LogP contribution is 2.13. The van der Waals surface area contributed by atoms with Gasteiger partial charge >= 0.3 is 0 Å². The van der Waals surface area contributed by atoms with Gasteiger partial charge in [-0.15, -0.1) is 0 Å². The Morgan fingerprint density at radius 3 is 2.39 bits per heavy atom. The molecular formula is C22H29N3O3. The molecule has 0 aliphatic carbocycles. The largest absolute Gasteiger partial charge is 0.484 e. The number of hydrogen-bond donors (Lipinski definition) is 2. The van der Waals surface area contributed by atoms with Crippen LogP contribution in [0, 0.1) is 6.92 Å². The summed E-state index contributed by atoms with van der Waals surface area (Å²) in [6, 6.07) is 14.4. The number of ether oxygens (including phenoxy) is 1. The number of aryl methyl sites for hydroxylation is 1. The molecule has 0 fully saturated rings. The number of nitrogens with one attached hydrogen (secondary N) is 2. The Hall–Kier alpha value is -2.86. The summed E-state index contributed by atoms with van der Waals surface area (Å²) in [5.41, 5.74) is 2.26. The molecule has 0 radical (unpaired) electrons. The van der Waals surface area contributed by atoms with Crippen molar-refractivity contribution >= 4 is 17.5 Å². The molecule has 0 heterocycles. The third-order valence-electron chi connectivity index (χ3n) is 4.40. The highest BCUT2D eigenvalue weighted by molar-refractivity contribution is 5.96. The highest BCUT2D eigenvalue weighted by Gasteiger charge is 2.08. The average molecular weight is 383 g/mol. The number of hydrogen-bond acceptors (Lipinski definition) is 4. The van der Waals surface area contributed by atoms with Crippen LogP contribution >= 0.6 is 0 Å². The lowest BCUT2D eigenvalue weighted by molar-refractivity contribution is -0.118. The van der Waals surface area contributed by atoms with E-state index in [2.05, 4.69) is 29.4 Å². The SMILES string of the molecule is CCN(CC)CCNC(=O)c1ccc(NC(=O)COc2cccc(C)c2)cc1. The molecule has 2 aromatic rings. The van der Waals surface area contributed by atoms with Gasteiger partial charge in [-0.25, -0.2) is 0 Å². The van der Waals surface area contributed by atoms with Crippen LogP contribution < -0.4 is 15.4 Å². The van der Waals surface area contributed by atoms with Crippen molar-refractivity contribution < 1.29 is 14.3 Å². The fourth-order valence-corrected chi connectivity index (χ4v) is 2.73. The topological polar surface area (TPSA) is 70.7 Å². The van der Waals surface area contributed by atoms with Crippen LogP contribution in [0.15, 0.2) is 48.5 Å². The van der Waals surface area contributed by atoms with Gasteiger partial charge in [0.05, 0.1) is 0 Å². The molecule has 2 rings (SSSR count). The Balaban J connectivity index is 1.78. The van der Waals surface area contributed by atoms with E-state index in [9.17, 15) is 9.59 Å². The molecule has 2 amide bonds. The molecule has 0 spiro atoms. The molecule has 0 aliphatic heterocycles. The number of anilines is 1. The third kappa shape index (κ3) is 7.04. The molecule has 0 aromatic heterocycles. The summed E-state index contributed by atoms with van der Waals surface area (Å²) in [6.07, 6.45) is 0. The first-order valence-electron chi connectivity index (χ1n) is 9.61. The van der Waals surface area contributed by atoms with Crippen molar-refractivity contribution in [2.24, 2.45) is 0 Å². The van der Waals surface area contributed by atoms with Crippen molar-refractivity contribution in [3.05, 3.63) is 59.7 Å². The van der Waals surface area contributed by atoms with Gasteiger partial charge in [0.15, 0.2) is 6.61 Å². The first-order chi connectivity index (χ1) is 13.5. The number of nitrogens with zero attached hydrogens (tertiary/aromatic N) is 1. The van der Waals surface area contributed by atoms with Gasteiger partial charge in [0.1, 0.15) is 5.75 Å². The first kappa shape index (κ1) is 21.4. The average Bonchev–Trinajstić information content (AvgIpc) is 2.70.